The zero-order valence-electron chi connectivity index (χ0n) is 16.9. The number of nitrogens with zero attached hydrogens (tertiary/aromatic N) is 1. The van der Waals surface area contributed by atoms with Gasteiger partial charge >= 0.3 is 0 Å². The Hall–Kier alpha value is -3.31. The van der Waals surface area contributed by atoms with Gasteiger partial charge in [0.25, 0.3) is 11.8 Å². The highest BCUT2D eigenvalue weighted by molar-refractivity contribution is 8.04. The molecule has 1 aliphatic heterocycles. The summed E-state index contributed by atoms with van der Waals surface area (Å²) in [6.45, 7) is 2.49. The van der Waals surface area contributed by atoms with Gasteiger partial charge in [-0.2, -0.15) is 0 Å². The monoisotopic (exact) mass is 414 g/mol. The molecule has 4 nitrogen and oxygen atoms in total. The Balaban J connectivity index is 1.54. The second-order valence-corrected chi connectivity index (χ2v) is 8.32. The van der Waals surface area contributed by atoms with Gasteiger partial charge < -0.3 is 10.2 Å². The highest BCUT2D eigenvalue weighted by atomic mass is 32.2. The van der Waals surface area contributed by atoms with Crippen LogP contribution in [0.15, 0.2) is 82.6 Å². The lowest BCUT2D eigenvalue weighted by Crippen LogP contribution is -2.31. The number of hydrogen-bond acceptors (Lipinski definition) is 3. The van der Waals surface area contributed by atoms with Crippen molar-refractivity contribution >= 4 is 35.3 Å². The van der Waals surface area contributed by atoms with Crippen molar-refractivity contribution in [3.8, 4) is 0 Å². The fourth-order valence-corrected chi connectivity index (χ4v) is 4.42. The number of amides is 2. The molecule has 0 aromatic heterocycles. The number of rotatable bonds is 4. The molecule has 0 aliphatic carbocycles. The van der Waals surface area contributed by atoms with E-state index < -0.39 is 0 Å². The van der Waals surface area contributed by atoms with Gasteiger partial charge in [0.15, 0.2) is 0 Å². The number of benzene rings is 3. The molecule has 3 aromatic rings. The smallest absolute Gasteiger partial charge is 0.264 e. The Bertz CT molecular complexity index is 1140. The number of carbonyl (C=O) groups excluding carboxylic acids is 2. The molecule has 0 saturated carbocycles. The van der Waals surface area contributed by atoms with E-state index in [9.17, 15) is 9.59 Å². The first-order chi connectivity index (χ1) is 14.5. The molecule has 1 N–H and O–H groups in total. The van der Waals surface area contributed by atoms with Crippen molar-refractivity contribution in [1.29, 1.82) is 0 Å². The molecule has 0 atom stereocenters. The molecule has 4 rings (SSSR count). The van der Waals surface area contributed by atoms with E-state index in [-0.39, 0.29) is 11.8 Å². The standard InChI is InChI=1S/C25H22N2O2S/c1-17-7-6-10-19(13-17)14-23-25(29)27(2)21-15-20(11-12-22(21)30-23)24(28)26-16-18-8-4-3-5-9-18/h3-15H,16H2,1-2H3,(H,26,28)/b23-14-. The maximum absolute atomic E-state index is 12.9. The van der Waals surface area contributed by atoms with E-state index in [2.05, 4.69) is 11.4 Å². The van der Waals surface area contributed by atoms with Crippen LogP contribution < -0.4 is 10.2 Å². The van der Waals surface area contributed by atoms with Crippen molar-refractivity contribution in [3.05, 3.63) is 100.0 Å². The highest BCUT2D eigenvalue weighted by Gasteiger charge is 2.27. The van der Waals surface area contributed by atoms with Gasteiger partial charge in [-0.3, -0.25) is 9.59 Å². The third-order valence-corrected chi connectivity index (χ3v) is 6.03. The van der Waals surface area contributed by atoms with E-state index in [4.69, 9.17) is 0 Å². The lowest BCUT2D eigenvalue weighted by atomic mass is 10.1. The lowest BCUT2D eigenvalue weighted by molar-refractivity contribution is -0.114. The fourth-order valence-electron chi connectivity index (χ4n) is 3.33. The van der Waals surface area contributed by atoms with Crippen molar-refractivity contribution in [2.75, 3.05) is 11.9 Å². The molecule has 5 heteroatoms. The van der Waals surface area contributed by atoms with Crippen molar-refractivity contribution < 1.29 is 9.59 Å². The Morgan fingerprint density at radius 3 is 2.60 bits per heavy atom. The number of likely N-dealkylation sites (N-methyl/N-ethyl adjacent to an activating group) is 1. The molecule has 30 heavy (non-hydrogen) atoms. The molecule has 3 aromatic carbocycles. The molecule has 1 aliphatic rings. The Labute approximate surface area is 180 Å². The molecular weight excluding hydrogens is 392 g/mol. The van der Waals surface area contributed by atoms with E-state index in [1.54, 1.807) is 24.1 Å². The first-order valence-corrected chi connectivity index (χ1v) is 10.5. The van der Waals surface area contributed by atoms with E-state index in [0.717, 1.165) is 27.3 Å². The normalized spacial score (nSPS) is 14.5. The summed E-state index contributed by atoms with van der Waals surface area (Å²) < 4.78 is 0. The molecule has 0 radical (unpaired) electrons. The van der Waals surface area contributed by atoms with E-state index in [1.807, 2.05) is 67.6 Å². The minimum atomic E-state index is -0.159. The summed E-state index contributed by atoms with van der Waals surface area (Å²) >= 11 is 1.44. The Morgan fingerprint density at radius 2 is 1.83 bits per heavy atom. The van der Waals surface area contributed by atoms with Gasteiger partial charge in [0.05, 0.1) is 10.6 Å². The third kappa shape index (κ3) is 4.31. The Morgan fingerprint density at radius 1 is 1.03 bits per heavy atom. The fraction of sp³-hybridized carbons (Fsp3) is 0.120. The first-order valence-electron chi connectivity index (χ1n) is 9.72. The third-order valence-electron chi connectivity index (χ3n) is 4.95. The zero-order valence-corrected chi connectivity index (χ0v) is 17.7. The topological polar surface area (TPSA) is 49.4 Å². The van der Waals surface area contributed by atoms with Crippen LogP contribution in [0.4, 0.5) is 5.69 Å². The molecule has 0 fully saturated rings. The molecule has 150 valence electrons. The number of aryl methyl sites for hydroxylation is 1. The van der Waals surface area contributed by atoms with Crippen LogP contribution in [0.25, 0.3) is 6.08 Å². The van der Waals surface area contributed by atoms with Crippen molar-refractivity contribution in [3.63, 3.8) is 0 Å². The SMILES string of the molecule is Cc1cccc(/C=C2\Sc3ccc(C(=O)NCc4ccccc4)cc3N(C)C2=O)c1. The summed E-state index contributed by atoms with van der Waals surface area (Å²) in [5.74, 6) is -0.232. The van der Waals surface area contributed by atoms with Crippen LogP contribution in [0.3, 0.4) is 0 Å². The van der Waals surface area contributed by atoms with E-state index in [0.29, 0.717) is 17.0 Å². The average Bonchev–Trinajstić information content (AvgIpc) is 2.76. The Kier molecular flexibility index (Phi) is 5.72. The number of hydrogen-bond donors (Lipinski definition) is 1. The van der Waals surface area contributed by atoms with E-state index >= 15 is 0 Å². The number of thioether (sulfide) groups is 1. The first kappa shape index (κ1) is 20.0. The predicted octanol–water partition coefficient (Wildman–Crippen LogP) is 5.03. The van der Waals surface area contributed by atoms with Crippen LogP contribution >= 0.6 is 11.8 Å². The van der Waals surface area contributed by atoms with Gasteiger partial charge in [0.2, 0.25) is 0 Å². The molecule has 0 spiro atoms. The summed E-state index contributed by atoms with van der Waals surface area (Å²) in [7, 11) is 1.75. The zero-order chi connectivity index (χ0) is 21.1. The van der Waals surface area contributed by atoms with Crippen molar-refractivity contribution in [2.45, 2.75) is 18.4 Å². The van der Waals surface area contributed by atoms with Gasteiger partial charge in [0.1, 0.15) is 0 Å². The largest absolute Gasteiger partial charge is 0.348 e. The maximum atomic E-state index is 12.9. The van der Waals surface area contributed by atoms with E-state index in [1.165, 1.54) is 11.8 Å². The molecule has 2 amide bonds. The summed E-state index contributed by atoms with van der Waals surface area (Å²) in [5, 5.41) is 2.93. The summed E-state index contributed by atoms with van der Waals surface area (Å²) in [5.41, 5.74) is 4.48. The van der Waals surface area contributed by atoms with Crippen molar-refractivity contribution in [2.24, 2.45) is 0 Å². The van der Waals surface area contributed by atoms with Crippen LogP contribution in [-0.4, -0.2) is 18.9 Å². The van der Waals surface area contributed by atoms with Gasteiger partial charge in [-0.1, -0.05) is 71.9 Å². The average molecular weight is 415 g/mol. The molecule has 0 bridgehead atoms. The van der Waals surface area contributed by atoms with Gasteiger partial charge in [-0.15, -0.1) is 0 Å². The van der Waals surface area contributed by atoms with Gasteiger partial charge in [0, 0.05) is 24.1 Å². The number of anilines is 1. The highest BCUT2D eigenvalue weighted by Crippen LogP contribution is 2.42. The van der Waals surface area contributed by atoms with Crippen molar-refractivity contribution in [1.82, 2.24) is 5.32 Å². The number of nitrogens with one attached hydrogen (secondary N) is 1. The quantitative estimate of drug-likeness (QED) is 0.609. The second-order valence-electron chi connectivity index (χ2n) is 7.24. The van der Waals surface area contributed by atoms with Crippen LogP contribution in [0.5, 0.6) is 0 Å². The number of carbonyl (C=O) groups is 2. The van der Waals surface area contributed by atoms with Gasteiger partial charge in [-0.25, -0.2) is 0 Å². The second kappa shape index (κ2) is 8.59. The van der Waals surface area contributed by atoms with Crippen LogP contribution in [0, 0.1) is 6.92 Å². The molecule has 1 heterocycles. The minimum Gasteiger partial charge on any atom is -0.348 e. The molecule has 0 unspecified atom stereocenters. The van der Waals surface area contributed by atoms with Crippen LogP contribution in [0.2, 0.25) is 0 Å². The minimum absolute atomic E-state index is 0.0733. The summed E-state index contributed by atoms with van der Waals surface area (Å²) in [4.78, 5) is 28.7. The van der Waals surface area contributed by atoms with Gasteiger partial charge in [-0.05, 0) is 42.3 Å². The summed E-state index contributed by atoms with van der Waals surface area (Å²) in [6, 6.07) is 23.3. The lowest BCUT2D eigenvalue weighted by Gasteiger charge is -2.27. The number of fused-ring (bicyclic) bond motifs is 1. The maximum Gasteiger partial charge on any atom is 0.264 e. The predicted molar refractivity (Wildman–Crippen MR) is 122 cm³/mol. The van der Waals surface area contributed by atoms with Crippen LogP contribution in [-0.2, 0) is 11.3 Å². The molecular formula is C25H22N2O2S. The molecule has 0 saturated heterocycles. The summed E-state index contributed by atoms with van der Waals surface area (Å²) in [6.07, 6.45) is 1.92. The van der Waals surface area contributed by atoms with Crippen LogP contribution in [0.1, 0.15) is 27.0 Å².